The summed E-state index contributed by atoms with van der Waals surface area (Å²) in [6.45, 7) is 5.17. The van der Waals surface area contributed by atoms with Crippen LogP contribution in [0, 0.1) is 5.92 Å². The summed E-state index contributed by atoms with van der Waals surface area (Å²) in [7, 11) is 0. The highest BCUT2D eigenvalue weighted by molar-refractivity contribution is 4.89. The van der Waals surface area contributed by atoms with Crippen LogP contribution in [-0.2, 0) is 4.74 Å². The predicted octanol–water partition coefficient (Wildman–Crippen LogP) is 0.781. The molecular formula is C9H17NO2. The zero-order chi connectivity index (χ0) is 8.72. The number of nitrogens with zero attached hydrogens (tertiary/aromatic N) is 1. The quantitative estimate of drug-likeness (QED) is 0.666. The molecule has 1 N–H and O–H groups in total. The molecule has 12 heavy (non-hydrogen) atoms. The maximum Gasteiger partial charge on any atom is 0.216 e. The molecule has 1 aliphatic carbocycles. The summed E-state index contributed by atoms with van der Waals surface area (Å²) >= 11 is 0. The fraction of sp³-hybridized carbons (Fsp3) is 1.00. The number of ether oxygens (including phenoxy) is 1. The van der Waals surface area contributed by atoms with Crippen molar-refractivity contribution in [1.82, 2.24) is 4.90 Å². The molecular weight excluding hydrogens is 154 g/mol. The van der Waals surface area contributed by atoms with Gasteiger partial charge in [0, 0.05) is 12.6 Å². The Labute approximate surface area is 73.3 Å². The fourth-order valence-electron chi connectivity index (χ4n) is 1.68. The topological polar surface area (TPSA) is 32.7 Å². The van der Waals surface area contributed by atoms with E-state index in [1.807, 2.05) is 0 Å². The monoisotopic (exact) mass is 171 g/mol. The minimum absolute atomic E-state index is 0.223. The van der Waals surface area contributed by atoms with Gasteiger partial charge in [0.05, 0.1) is 6.10 Å². The number of hydrogen-bond donors (Lipinski definition) is 1. The minimum Gasteiger partial charge on any atom is -0.356 e. The largest absolute Gasteiger partial charge is 0.356 e. The molecule has 2 aliphatic rings. The van der Waals surface area contributed by atoms with Gasteiger partial charge in [-0.2, -0.15) is 0 Å². The third kappa shape index (κ3) is 1.49. The normalized spacial score (nSPS) is 38.0. The Hall–Kier alpha value is -0.120. The van der Waals surface area contributed by atoms with Crippen molar-refractivity contribution in [3.8, 4) is 0 Å². The molecule has 0 aromatic rings. The summed E-state index contributed by atoms with van der Waals surface area (Å²) in [4.78, 5) is 2.07. The first kappa shape index (κ1) is 8.48. The van der Waals surface area contributed by atoms with E-state index in [0.29, 0.717) is 12.0 Å². The van der Waals surface area contributed by atoms with Crippen LogP contribution in [0.2, 0.25) is 0 Å². The summed E-state index contributed by atoms with van der Waals surface area (Å²) in [6, 6.07) is 0.601. The van der Waals surface area contributed by atoms with E-state index in [1.165, 1.54) is 12.8 Å². The Bertz CT molecular complexity index is 168. The van der Waals surface area contributed by atoms with Crippen molar-refractivity contribution in [3.63, 3.8) is 0 Å². The molecule has 2 rings (SSSR count). The Morgan fingerprint density at radius 2 is 2.08 bits per heavy atom. The van der Waals surface area contributed by atoms with E-state index in [4.69, 9.17) is 4.74 Å². The molecule has 2 atom stereocenters. The van der Waals surface area contributed by atoms with Crippen LogP contribution in [0.3, 0.4) is 0 Å². The van der Waals surface area contributed by atoms with E-state index in [1.54, 1.807) is 0 Å². The zero-order valence-electron chi connectivity index (χ0n) is 7.73. The van der Waals surface area contributed by atoms with E-state index < -0.39 is 6.41 Å². The van der Waals surface area contributed by atoms with Gasteiger partial charge in [0.1, 0.15) is 0 Å². The Morgan fingerprint density at radius 3 is 2.50 bits per heavy atom. The molecule has 1 heterocycles. The predicted molar refractivity (Wildman–Crippen MR) is 45.4 cm³/mol. The van der Waals surface area contributed by atoms with Crippen LogP contribution in [0.5, 0.6) is 0 Å². The van der Waals surface area contributed by atoms with Crippen molar-refractivity contribution in [2.45, 2.75) is 45.2 Å². The highest BCUT2D eigenvalue weighted by Gasteiger charge is 2.41. The first-order chi connectivity index (χ1) is 5.68. The second-order valence-electron chi connectivity index (χ2n) is 4.17. The van der Waals surface area contributed by atoms with E-state index in [-0.39, 0.29) is 6.10 Å². The molecule has 3 nitrogen and oxygen atoms in total. The van der Waals surface area contributed by atoms with Crippen LogP contribution in [0.4, 0.5) is 0 Å². The van der Waals surface area contributed by atoms with Crippen molar-refractivity contribution in [2.75, 3.05) is 6.54 Å². The third-order valence-corrected chi connectivity index (χ3v) is 2.73. The van der Waals surface area contributed by atoms with Crippen molar-refractivity contribution in [3.05, 3.63) is 0 Å². The van der Waals surface area contributed by atoms with Crippen LogP contribution in [0.1, 0.15) is 26.7 Å². The molecule has 0 radical (unpaired) electrons. The molecule has 0 aromatic heterocycles. The van der Waals surface area contributed by atoms with Gasteiger partial charge < -0.3 is 9.84 Å². The van der Waals surface area contributed by atoms with Crippen LogP contribution < -0.4 is 0 Å². The van der Waals surface area contributed by atoms with E-state index >= 15 is 0 Å². The maximum atomic E-state index is 9.52. The molecule has 0 bridgehead atoms. The van der Waals surface area contributed by atoms with Gasteiger partial charge in [-0.25, -0.2) is 4.90 Å². The molecule has 0 aromatic carbocycles. The van der Waals surface area contributed by atoms with Crippen molar-refractivity contribution >= 4 is 0 Å². The van der Waals surface area contributed by atoms with Gasteiger partial charge in [0.2, 0.25) is 6.41 Å². The first-order valence-electron chi connectivity index (χ1n) is 4.78. The molecule has 0 amide bonds. The maximum absolute atomic E-state index is 9.52. The van der Waals surface area contributed by atoms with Gasteiger partial charge >= 0.3 is 0 Å². The minimum atomic E-state index is -0.634. The van der Waals surface area contributed by atoms with Crippen LogP contribution in [-0.4, -0.2) is 35.1 Å². The number of aliphatic hydroxyl groups is 1. The second kappa shape index (κ2) is 2.98. The molecule has 2 fully saturated rings. The van der Waals surface area contributed by atoms with E-state index in [2.05, 4.69) is 18.7 Å². The SMILES string of the molecule is CC(C)C1CN(C2CC2)C(O)O1. The van der Waals surface area contributed by atoms with Crippen LogP contribution in [0.25, 0.3) is 0 Å². The van der Waals surface area contributed by atoms with Gasteiger partial charge in [-0.05, 0) is 18.8 Å². The lowest BCUT2D eigenvalue weighted by molar-refractivity contribution is -0.157. The van der Waals surface area contributed by atoms with Gasteiger partial charge in [0.25, 0.3) is 0 Å². The lowest BCUT2D eigenvalue weighted by atomic mass is 10.1. The van der Waals surface area contributed by atoms with Gasteiger partial charge in [-0.1, -0.05) is 13.8 Å². The van der Waals surface area contributed by atoms with E-state index in [0.717, 1.165) is 6.54 Å². The highest BCUT2D eigenvalue weighted by Crippen LogP contribution is 2.33. The van der Waals surface area contributed by atoms with Gasteiger partial charge in [-0.15, -0.1) is 0 Å². The third-order valence-electron chi connectivity index (χ3n) is 2.73. The van der Waals surface area contributed by atoms with Gasteiger partial charge in [-0.3, -0.25) is 0 Å². The zero-order valence-corrected chi connectivity index (χ0v) is 7.73. The number of hydrogen-bond acceptors (Lipinski definition) is 3. The standard InChI is InChI=1S/C9H17NO2/c1-6(2)8-5-10(7-3-4-7)9(11)12-8/h6-9,11H,3-5H2,1-2H3. The summed E-state index contributed by atoms with van der Waals surface area (Å²) < 4.78 is 5.42. The Morgan fingerprint density at radius 1 is 1.42 bits per heavy atom. The molecule has 1 saturated carbocycles. The number of rotatable bonds is 2. The van der Waals surface area contributed by atoms with Crippen LogP contribution in [0.15, 0.2) is 0 Å². The van der Waals surface area contributed by atoms with Gasteiger partial charge in [0.15, 0.2) is 0 Å². The van der Waals surface area contributed by atoms with E-state index in [9.17, 15) is 5.11 Å². The average molecular weight is 171 g/mol. The molecule has 2 unspecified atom stereocenters. The fourth-order valence-corrected chi connectivity index (χ4v) is 1.68. The molecule has 0 spiro atoms. The van der Waals surface area contributed by atoms with Crippen molar-refractivity contribution < 1.29 is 9.84 Å². The first-order valence-corrected chi connectivity index (χ1v) is 4.78. The molecule has 3 heteroatoms. The molecule has 1 aliphatic heterocycles. The highest BCUT2D eigenvalue weighted by atomic mass is 16.6. The van der Waals surface area contributed by atoms with Crippen molar-refractivity contribution in [2.24, 2.45) is 5.92 Å². The van der Waals surface area contributed by atoms with Crippen LogP contribution >= 0.6 is 0 Å². The summed E-state index contributed by atoms with van der Waals surface area (Å²) in [5.41, 5.74) is 0. The summed E-state index contributed by atoms with van der Waals surface area (Å²) in [5, 5.41) is 9.52. The summed E-state index contributed by atoms with van der Waals surface area (Å²) in [6.07, 6.45) is 2.04. The number of aliphatic hydroxyl groups excluding tert-OH is 1. The smallest absolute Gasteiger partial charge is 0.216 e. The Balaban J connectivity index is 1.92. The van der Waals surface area contributed by atoms with Crippen molar-refractivity contribution in [1.29, 1.82) is 0 Å². The Kier molecular flexibility index (Phi) is 2.10. The lowest BCUT2D eigenvalue weighted by Crippen LogP contribution is -2.32. The average Bonchev–Trinajstić information content (AvgIpc) is 2.75. The lowest BCUT2D eigenvalue weighted by Gasteiger charge is -2.15. The summed E-state index contributed by atoms with van der Waals surface area (Å²) in [5.74, 6) is 0.503. The molecule has 1 saturated heterocycles. The second-order valence-corrected chi connectivity index (χ2v) is 4.17. The molecule has 70 valence electrons.